The van der Waals surface area contributed by atoms with Gasteiger partial charge < -0.3 is 14.5 Å². The van der Waals surface area contributed by atoms with Crippen LogP contribution in [0.2, 0.25) is 5.02 Å². The minimum absolute atomic E-state index is 0.0440. The van der Waals surface area contributed by atoms with Gasteiger partial charge in [-0.1, -0.05) is 23.7 Å². The van der Waals surface area contributed by atoms with E-state index in [4.69, 9.17) is 16.7 Å². The van der Waals surface area contributed by atoms with E-state index < -0.39 is 5.97 Å². The highest BCUT2D eigenvalue weighted by Gasteiger charge is 2.12. The van der Waals surface area contributed by atoms with Gasteiger partial charge in [-0.2, -0.15) is 0 Å². The molecule has 0 radical (unpaired) electrons. The maximum Gasteiger partial charge on any atom is 0.305 e. The van der Waals surface area contributed by atoms with Crippen molar-refractivity contribution < 1.29 is 14.7 Å². The van der Waals surface area contributed by atoms with Crippen molar-refractivity contribution in [3.05, 3.63) is 47.1 Å². The molecule has 2 rings (SSSR count). The van der Waals surface area contributed by atoms with Gasteiger partial charge >= 0.3 is 5.97 Å². The number of ketones is 1. The summed E-state index contributed by atoms with van der Waals surface area (Å²) in [6.07, 6.45) is 1.11. The van der Waals surface area contributed by atoms with Crippen LogP contribution >= 0.6 is 11.6 Å². The molecule has 0 aliphatic heterocycles. The summed E-state index contributed by atoms with van der Waals surface area (Å²) in [5.41, 5.74) is 2.89. The van der Waals surface area contributed by atoms with Crippen LogP contribution in [0.5, 0.6) is 0 Å². The summed E-state index contributed by atoms with van der Waals surface area (Å²) in [6, 6.07) is 11.3. The van der Waals surface area contributed by atoms with E-state index >= 15 is 0 Å². The molecule has 1 aromatic carbocycles. The zero-order valence-corrected chi connectivity index (χ0v) is 13.1. The second-order valence-corrected chi connectivity index (χ2v) is 5.65. The monoisotopic (exact) mass is 319 g/mol. The van der Waals surface area contributed by atoms with E-state index in [1.165, 1.54) is 0 Å². The number of carbonyl (C=O) groups is 2. The fraction of sp³-hybridized carbons (Fsp3) is 0.294. The standard InChI is InChI=1S/C17H18ClNO3/c1-12(20)2-7-15-8-9-16(19(15)11-10-17(21)22)13-3-5-14(18)6-4-13/h3-6,8-9H,2,7,10-11H2,1H3,(H,21,22). The average Bonchev–Trinajstić information content (AvgIpc) is 2.86. The van der Waals surface area contributed by atoms with Crippen LogP contribution < -0.4 is 0 Å². The molecule has 22 heavy (non-hydrogen) atoms. The van der Waals surface area contributed by atoms with Crippen LogP contribution in [0.4, 0.5) is 0 Å². The molecule has 2 aromatic rings. The number of hydrogen-bond acceptors (Lipinski definition) is 2. The molecule has 0 spiro atoms. The molecule has 0 amide bonds. The molecule has 116 valence electrons. The van der Waals surface area contributed by atoms with Crippen molar-refractivity contribution in [2.45, 2.75) is 32.7 Å². The number of carbonyl (C=O) groups excluding carboxylic acids is 1. The number of carboxylic acids is 1. The molecule has 0 saturated carbocycles. The second-order valence-electron chi connectivity index (χ2n) is 5.21. The van der Waals surface area contributed by atoms with E-state index in [1.54, 1.807) is 19.1 Å². The van der Waals surface area contributed by atoms with Gasteiger partial charge in [0.05, 0.1) is 6.42 Å². The summed E-state index contributed by atoms with van der Waals surface area (Å²) in [7, 11) is 0. The number of carboxylic acid groups (broad SMARTS) is 1. The Balaban J connectivity index is 2.33. The first-order chi connectivity index (χ1) is 10.5. The number of aryl methyl sites for hydroxylation is 1. The van der Waals surface area contributed by atoms with Crippen molar-refractivity contribution in [2.75, 3.05) is 0 Å². The lowest BCUT2D eigenvalue weighted by molar-refractivity contribution is -0.137. The van der Waals surface area contributed by atoms with E-state index in [9.17, 15) is 9.59 Å². The number of halogens is 1. The first-order valence-corrected chi connectivity index (χ1v) is 7.50. The number of hydrogen-bond donors (Lipinski definition) is 1. The smallest absolute Gasteiger partial charge is 0.305 e. The quantitative estimate of drug-likeness (QED) is 0.844. The molecule has 1 N–H and O–H groups in total. The van der Waals surface area contributed by atoms with E-state index in [-0.39, 0.29) is 12.2 Å². The lowest BCUT2D eigenvalue weighted by atomic mass is 10.1. The molecular formula is C17H18ClNO3. The molecule has 1 aromatic heterocycles. The van der Waals surface area contributed by atoms with Gasteiger partial charge in [0, 0.05) is 29.4 Å². The van der Waals surface area contributed by atoms with Crippen molar-refractivity contribution in [3.8, 4) is 11.3 Å². The van der Waals surface area contributed by atoms with Crippen LogP contribution in [0.3, 0.4) is 0 Å². The second kappa shape index (κ2) is 7.27. The SMILES string of the molecule is CC(=O)CCc1ccc(-c2ccc(Cl)cc2)n1CCC(=O)O. The summed E-state index contributed by atoms with van der Waals surface area (Å²) in [5.74, 6) is -0.715. The van der Waals surface area contributed by atoms with E-state index in [1.807, 2.05) is 28.8 Å². The molecular weight excluding hydrogens is 302 g/mol. The number of rotatable bonds is 7. The lowest BCUT2D eigenvalue weighted by Crippen LogP contribution is -2.10. The average molecular weight is 320 g/mol. The minimum atomic E-state index is -0.840. The predicted molar refractivity (Wildman–Crippen MR) is 86.1 cm³/mol. The van der Waals surface area contributed by atoms with Crippen molar-refractivity contribution in [3.63, 3.8) is 0 Å². The summed E-state index contributed by atoms with van der Waals surface area (Å²) in [6.45, 7) is 1.94. The number of benzene rings is 1. The van der Waals surface area contributed by atoms with Crippen LogP contribution in [0.15, 0.2) is 36.4 Å². The molecule has 0 unspecified atom stereocenters. The van der Waals surface area contributed by atoms with Crippen LogP contribution in [0.25, 0.3) is 11.3 Å². The van der Waals surface area contributed by atoms with Gasteiger partial charge in [-0.3, -0.25) is 4.79 Å². The van der Waals surface area contributed by atoms with Crippen molar-refractivity contribution in [1.29, 1.82) is 0 Å². The zero-order valence-electron chi connectivity index (χ0n) is 12.4. The maximum atomic E-state index is 11.2. The maximum absolute atomic E-state index is 11.2. The van der Waals surface area contributed by atoms with Gasteiger partial charge in [-0.25, -0.2) is 0 Å². The van der Waals surface area contributed by atoms with Crippen molar-refractivity contribution >= 4 is 23.4 Å². The Morgan fingerprint density at radius 2 is 1.77 bits per heavy atom. The molecule has 0 atom stereocenters. The highest BCUT2D eigenvalue weighted by molar-refractivity contribution is 6.30. The first-order valence-electron chi connectivity index (χ1n) is 7.13. The molecule has 4 nitrogen and oxygen atoms in total. The number of aliphatic carboxylic acids is 1. The zero-order chi connectivity index (χ0) is 16.1. The highest BCUT2D eigenvalue weighted by atomic mass is 35.5. The number of aromatic nitrogens is 1. The van der Waals surface area contributed by atoms with Crippen LogP contribution in [-0.2, 0) is 22.6 Å². The van der Waals surface area contributed by atoms with Crippen LogP contribution in [0.1, 0.15) is 25.5 Å². The van der Waals surface area contributed by atoms with E-state index in [0.29, 0.717) is 24.4 Å². The normalized spacial score (nSPS) is 10.6. The Hall–Kier alpha value is -2.07. The fourth-order valence-electron chi connectivity index (χ4n) is 2.38. The van der Waals surface area contributed by atoms with Crippen molar-refractivity contribution in [1.82, 2.24) is 4.57 Å². The molecule has 0 aliphatic carbocycles. The molecule has 1 heterocycles. The summed E-state index contributed by atoms with van der Waals surface area (Å²) in [4.78, 5) is 22.1. The number of Topliss-reactive ketones (excluding diaryl/α,β-unsaturated/α-hetero) is 1. The van der Waals surface area contributed by atoms with Gasteiger partial charge in [0.25, 0.3) is 0 Å². The third kappa shape index (κ3) is 4.21. The van der Waals surface area contributed by atoms with Crippen LogP contribution in [-0.4, -0.2) is 21.4 Å². The van der Waals surface area contributed by atoms with E-state index in [0.717, 1.165) is 17.0 Å². The highest BCUT2D eigenvalue weighted by Crippen LogP contribution is 2.25. The lowest BCUT2D eigenvalue weighted by Gasteiger charge is -2.13. The fourth-order valence-corrected chi connectivity index (χ4v) is 2.50. The largest absolute Gasteiger partial charge is 0.481 e. The molecule has 0 fully saturated rings. The number of nitrogens with zero attached hydrogens (tertiary/aromatic N) is 1. The van der Waals surface area contributed by atoms with E-state index in [2.05, 4.69) is 0 Å². The van der Waals surface area contributed by atoms with Gasteiger partial charge in [0.15, 0.2) is 0 Å². The summed E-state index contributed by atoms with van der Waals surface area (Å²) < 4.78 is 1.97. The molecule has 0 bridgehead atoms. The predicted octanol–water partition coefficient (Wildman–Crippen LogP) is 3.80. The Morgan fingerprint density at radius 3 is 2.36 bits per heavy atom. The first kappa shape index (κ1) is 16.3. The van der Waals surface area contributed by atoms with Gasteiger partial charge in [-0.15, -0.1) is 0 Å². The van der Waals surface area contributed by atoms with Gasteiger partial charge in [-0.05, 0) is 43.2 Å². The van der Waals surface area contributed by atoms with Gasteiger partial charge in [0.1, 0.15) is 5.78 Å². The Labute approximate surface area is 134 Å². The molecule has 0 aliphatic rings. The third-order valence-corrected chi connectivity index (χ3v) is 3.75. The van der Waals surface area contributed by atoms with Crippen LogP contribution in [0, 0.1) is 0 Å². The Bertz CT molecular complexity index is 674. The minimum Gasteiger partial charge on any atom is -0.481 e. The Morgan fingerprint density at radius 1 is 1.09 bits per heavy atom. The topological polar surface area (TPSA) is 59.3 Å². The third-order valence-electron chi connectivity index (χ3n) is 3.49. The summed E-state index contributed by atoms with van der Waals surface area (Å²) in [5, 5.41) is 9.59. The molecule has 5 heteroatoms. The van der Waals surface area contributed by atoms with Crippen molar-refractivity contribution in [2.24, 2.45) is 0 Å². The Kier molecular flexibility index (Phi) is 5.39. The van der Waals surface area contributed by atoms with Gasteiger partial charge in [0.2, 0.25) is 0 Å². The summed E-state index contributed by atoms with van der Waals surface area (Å²) >= 11 is 5.91. The molecule has 0 saturated heterocycles.